The smallest absolute Gasteiger partial charge is 0.337 e. The lowest BCUT2D eigenvalue weighted by Gasteiger charge is -2.23. The third kappa shape index (κ3) is 6.97. The molecule has 0 saturated carbocycles. The summed E-state index contributed by atoms with van der Waals surface area (Å²) in [5, 5.41) is 0.973. The molecule has 1 aromatic heterocycles. The van der Waals surface area contributed by atoms with Gasteiger partial charge in [0.1, 0.15) is 6.61 Å². The Morgan fingerprint density at radius 1 is 1.00 bits per heavy atom. The van der Waals surface area contributed by atoms with Crippen molar-refractivity contribution in [1.82, 2.24) is 4.57 Å². The zero-order valence-electron chi connectivity index (χ0n) is 25.3. The highest BCUT2D eigenvalue weighted by Crippen LogP contribution is 2.37. The molecule has 1 aliphatic heterocycles. The summed E-state index contributed by atoms with van der Waals surface area (Å²) in [5.41, 5.74) is 1.75. The number of methoxy groups -OCH3 is 2. The van der Waals surface area contributed by atoms with Crippen LogP contribution in [0.3, 0.4) is 0 Å². The van der Waals surface area contributed by atoms with E-state index in [1.54, 1.807) is 48.5 Å². The zero-order chi connectivity index (χ0) is 33.0. The van der Waals surface area contributed by atoms with Crippen LogP contribution in [0, 0.1) is 0 Å². The number of hydrogen-bond acceptors (Lipinski definition) is 9. The van der Waals surface area contributed by atoms with Crippen molar-refractivity contribution in [2.75, 3.05) is 27.4 Å². The number of thiazole rings is 1. The van der Waals surface area contributed by atoms with Crippen molar-refractivity contribution in [1.29, 1.82) is 0 Å². The molecular weight excluding hydrogens is 719 g/mol. The van der Waals surface area contributed by atoms with E-state index in [1.807, 2.05) is 19.9 Å². The van der Waals surface area contributed by atoms with Gasteiger partial charge in [-0.15, -0.1) is 0 Å². The molecule has 9 nitrogen and oxygen atoms in total. The fraction of sp³-hybridized carbons (Fsp3) is 0.242. The van der Waals surface area contributed by atoms with Gasteiger partial charge in [-0.3, -0.25) is 9.36 Å². The van der Waals surface area contributed by atoms with Gasteiger partial charge in [0.05, 0.1) is 43.6 Å². The van der Waals surface area contributed by atoms with Crippen molar-refractivity contribution < 1.29 is 28.5 Å². The van der Waals surface area contributed by atoms with Crippen LogP contribution in [0.2, 0.25) is 10.0 Å². The summed E-state index contributed by atoms with van der Waals surface area (Å²) in [4.78, 5) is 32.0. The molecule has 240 valence electrons. The molecular formula is C33H29BrCl2N2O7S. The van der Waals surface area contributed by atoms with Crippen LogP contribution >= 0.6 is 50.5 Å². The van der Waals surface area contributed by atoms with E-state index in [9.17, 15) is 9.59 Å². The average molecular weight is 748 g/mol. The van der Waals surface area contributed by atoms with Crippen LogP contribution in [0.25, 0.3) is 6.08 Å². The van der Waals surface area contributed by atoms with Gasteiger partial charge in [0.25, 0.3) is 5.56 Å². The first-order chi connectivity index (χ1) is 22.2. The number of aromatic nitrogens is 1. The molecule has 1 atom stereocenters. The summed E-state index contributed by atoms with van der Waals surface area (Å²) < 4.78 is 31.1. The van der Waals surface area contributed by atoms with Crippen molar-refractivity contribution in [3.63, 3.8) is 0 Å². The van der Waals surface area contributed by atoms with Gasteiger partial charge in [-0.05, 0) is 61.9 Å². The van der Waals surface area contributed by atoms with Gasteiger partial charge >= 0.3 is 5.97 Å². The number of ether oxygens (including phenoxy) is 5. The molecule has 2 heterocycles. The highest BCUT2D eigenvalue weighted by Gasteiger charge is 2.31. The van der Waals surface area contributed by atoms with Gasteiger partial charge in [-0.1, -0.05) is 62.6 Å². The third-order valence-electron chi connectivity index (χ3n) is 6.95. The Morgan fingerprint density at radius 2 is 1.76 bits per heavy atom. The van der Waals surface area contributed by atoms with Crippen molar-refractivity contribution in [3.05, 3.63) is 111 Å². The lowest BCUT2D eigenvalue weighted by atomic mass is 9.97. The molecule has 0 N–H and O–H groups in total. The Kier molecular flexibility index (Phi) is 10.8. The molecule has 0 spiro atoms. The van der Waals surface area contributed by atoms with Gasteiger partial charge in [-0.25, -0.2) is 9.79 Å². The number of hydrogen-bond donors (Lipinski definition) is 0. The lowest BCUT2D eigenvalue weighted by molar-refractivity contribution is -0.136. The number of fused-ring (bicyclic) bond motifs is 1. The second-order valence-electron chi connectivity index (χ2n) is 9.80. The molecule has 0 unspecified atom stereocenters. The van der Waals surface area contributed by atoms with E-state index in [0.29, 0.717) is 71.2 Å². The second-order valence-corrected chi connectivity index (χ2v) is 12.6. The Morgan fingerprint density at radius 3 is 2.46 bits per heavy atom. The molecule has 46 heavy (non-hydrogen) atoms. The highest BCUT2D eigenvalue weighted by atomic mass is 79.9. The van der Waals surface area contributed by atoms with Crippen LogP contribution in [0.1, 0.15) is 36.6 Å². The predicted molar refractivity (Wildman–Crippen MR) is 181 cm³/mol. The van der Waals surface area contributed by atoms with E-state index in [4.69, 9.17) is 46.9 Å². The molecule has 0 aliphatic carbocycles. The summed E-state index contributed by atoms with van der Waals surface area (Å²) >= 11 is 17.2. The largest absolute Gasteiger partial charge is 0.493 e. The maximum atomic E-state index is 14.2. The molecule has 4 aromatic rings. The standard InChI is InChI=1S/C33H29BrCl2N2O7S/c1-5-43-25-10-8-18(12-26(25)44-6-2)29-23(32(40)42-4)16-37-33-38(29)31(39)28(46-33)13-20-11-21(34)14-27(41-3)30(20)45-17-19-7-9-22(35)15-24(19)36/h7-16,29H,5-6,17H2,1-4H3/b28-13+/t29-/m0/s1. The predicted octanol–water partition coefficient (Wildman–Crippen LogP) is 6.47. The molecule has 0 amide bonds. The van der Waals surface area contributed by atoms with E-state index < -0.39 is 12.0 Å². The Balaban J connectivity index is 1.64. The van der Waals surface area contributed by atoms with Gasteiger partial charge < -0.3 is 23.7 Å². The number of carbonyl (C=O) groups excluding carboxylic acids is 1. The number of halogens is 3. The average Bonchev–Trinajstić information content (AvgIpc) is 3.35. The van der Waals surface area contributed by atoms with E-state index in [1.165, 1.54) is 36.3 Å². The topological polar surface area (TPSA) is 97.6 Å². The van der Waals surface area contributed by atoms with Crippen LogP contribution in [-0.2, 0) is 16.1 Å². The molecule has 0 saturated heterocycles. The normalized spacial score (nSPS) is 14.2. The van der Waals surface area contributed by atoms with Crippen LogP contribution < -0.4 is 33.8 Å². The summed E-state index contributed by atoms with van der Waals surface area (Å²) in [6.45, 7) is 4.71. The maximum absolute atomic E-state index is 14.2. The van der Waals surface area contributed by atoms with E-state index >= 15 is 0 Å². The molecule has 1 aliphatic rings. The number of rotatable bonds is 11. The summed E-state index contributed by atoms with van der Waals surface area (Å²) in [5.74, 6) is 1.29. The van der Waals surface area contributed by atoms with E-state index in [2.05, 4.69) is 20.9 Å². The van der Waals surface area contributed by atoms with Crippen LogP contribution in [0.4, 0.5) is 0 Å². The van der Waals surface area contributed by atoms with Gasteiger partial charge in [0.15, 0.2) is 27.8 Å². The van der Waals surface area contributed by atoms with Crippen LogP contribution in [0.5, 0.6) is 23.0 Å². The van der Waals surface area contributed by atoms with Crippen molar-refractivity contribution in [3.8, 4) is 23.0 Å². The SMILES string of the molecule is CCOc1ccc([C@H]2C(C(=O)OC)=CN=c3s/c(=C/c4cc(Br)cc(OC)c4OCc4ccc(Cl)cc4Cl)c(=O)n32)cc1OCC. The molecule has 0 bridgehead atoms. The van der Waals surface area contributed by atoms with Crippen molar-refractivity contribution in [2.24, 2.45) is 4.99 Å². The first-order valence-electron chi connectivity index (χ1n) is 14.1. The lowest BCUT2D eigenvalue weighted by Crippen LogP contribution is -2.39. The first-order valence-corrected chi connectivity index (χ1v) is 16.5. The van der Waals surface area contributed by atoms with Gasteiger partial charge in [-0.2, -0.15) is 0 Å². The number of benzene rings is 3. The van der Waals surface area contributed by atoms with Gasteiger partial charge in [0, 0.05) is 31.8 Å². The number of nitrogens with zero attached hydrogens (tertiary/aromatic N) is 2. The number of esters is 1. The minimum Gasteiger partial charge on any atom is -0.493 e. The number of carbonyl (C=O) groups is 1. The third-order valence-corrected chi connectivity index (χ3v) is 8.99. The fourth-order valence-corrected chi connectivity index (χ4v) is 6.80. The minimum absolute atomic E-state index is 0.123. The van der Waals surface area contributed by atoms with Crippen LogP contribution in [0.15, 0.2) is 74.6 Å². The summed E-state index contributed by atoms with van der Waals surface area (Å²) in [7, 11) is 2.82. The Hall–Kier alpha value is -3.77. The first kappa shape index (κ1) is 33.6. The van der Waals surface area contributed by atoms with Crippen molar-refractivity contribution >= 4 is 62.5 Å². The Bertz CT molecular complexity index is 2010. The van der Waals surface area contributed by atoms with E-state index in [-0.39, 0.29) is 17.7 Å². The van der Waals surface area contributed by atoms with Gasteiger partial charge in [0.2, 0.25) is 0 Å². The maximum Gasteiger partial charge on any atom is 0.337 e. The molecule has 13 heteroatoms. The molecule has 0 radical (unpaired) electrons. The van der Waals surface area contributed by atoms with Crippen LogP contribution in [-0.4, -0.2) is 38.0 Å². The monoisotopic (exact) mass is 746 g/mol. The quantitative estimate of drug-likeness (QED) is 0.162. The summed E-state index contributed by atoms with van der Waals surface area (Å²) in [6, 6.07) is 13.2. The van der Waals surface area contributed by atoms with Crippen molar-refractivity contribution in [2.45, 2.75) is 26.5 Å². The Labute approximate surface area is 287 Å². The second kappa shape index (κ2) is 14.8. The molecule has 5 rings (SSSR count). The minimum atomic E-state index is -0.833. The zero-order valence-corrected chi connectivity index (χ0v) is 29.2. The van der Waals surface area contributed by atoms with E-state index in [0.717, 1.165) is 5.56 Å². The molecule has 3 aromatic carbocycles. The summed E-state index contributed by atoms with van der Waals surface area (Å²) in [6.07, 6.45) is 3.15. The molecule has 0 fully saturated rings. The fourth-order valence-electron chi connectivity index (χ4n) is 4.92. The highest BCUT2D eigenvalue weighted by molar-refractivity contribution is 9.10.